The molecule has 0 aliphatic rings. The fraction of sp³-hybridized carbons (Fsp3) is 0.143. The van der Waals surface area contributed by atoms with Gasteiger partial charge in [0.05, 0.1) is 10.0 Å². The highest BCUT2D eigenvalue weighted by Crippen LogP contribution is 2.27. The molecule has 2 N–H and O–H groups in total. The minimum atomic E-state index is -3.50. The van der Waals surface area contributed by atoms with Crippen molar-refractivity contribution < 1.29 is 8.42 Å². The second-order valence-corrected chi connectivity index (χ2v) is 7.42. The van der Waals surface area contributed by atoms with Crippen LogP contribution in [0.25, 0.3) is 0 Å². The molecule has 0 heterocycles. The third-order valence-electron chi connectivity index (χ3n) is 2.82. The quantitative estimate of drug-likeness (QED) is 0.849. The van der Waals surface area contributed by atoms with Gasteiger partial charge >= 0.3 is 10.2 Å². The standard InChI is InChI=1S/C14H15Cl2N3O2S/c1-19(2)22(20,21)18-11-5-3-10(4-6-11)17-12-7-8-13(15)14(16)9-12/h3-9,17-18H,1-2H3. The zero-order chi connectivity index (χ0) is 16.3. The van der Waals surface area contributed by atoms with E-state index in [-0.39, 0.29) is 0 Å². The third-order valence-corrected chi connectivity index (χ3v) is 5.01. The molecule has 2 aromatic rings. The first kappa shape index (κ1) is 16.9. The molecular weight excluding hydrogens is 345 g/mol. The maximum absolute atomic E-state index is 11.7. The van der Waals surface area contributed by atoms with Gasteiger partial charge in [0.15, 0.2) is 0 Å². The average molecular weight is 360 g/mol. The van der Waals surface area contributed by atoms with Crippen molar-refractivity contribution in [3.63, 3.8) is 0 Å². The lowest BCUT2D eigenvalue weighted by Crippen LogP contribution is -2.28. The van der Waals surface area contributed by atoms with Crippen molar-refractivity contribution in [1.82, 2.24) is 4.31 Å². The number of halogens is 2. The molecule has 5 nitrogen and oxygen atoms in total. The predicted molar refractivity (Wildman–Crippen MR) is 92.4 cm³/mol. The van der Waals surface area contributed by atoms with Crippen molar-refractivity contribution >= 4 is 50.5 Å². The van der Waals surface area contributed by atoms with Gasteiger partial charge in [0.1, 0.15) is 0 Å². The highest BCUT2D eigenvalue weighted by Gasteiger charge is 2.12. The van der Waals surface area contributed by atoms with Gasteiger partial charge in [-0.15, -0.1) is 0 Å². The molecule has 0 saturated carbocycles. The summed E-state index contributed by atoms with van der Waals surface area (Å²) in [6.07, 6.45) is 0. The molecule has 118 valence electrons. The molecule has 0 aliphatic carbocycles. The van der Waals surface area contributed by atoms with Crippen LogP contribution in [-0.4, -0.2) is 26.8 Å². The van der Waals surface area contributed by atoms with Crippen LogP contribution in [0, 0.1) is 0 Å². The zero-order valence-corrected chi connectivity index (χ0v) is 14.3. The molecule has 2 aromatic carbocycles. The molecule has 0 radical (unpaired) electrons. The molecule has 2 rings (SSSR count). The largest absolute Gasteiger partial charge is 0.355 e. The molecule has 22 heavy (non-hydrogen) atoms. The van der Waals surface area contributed by atoms with Gasteiger partial charge in [-0.1, -0.05) is 23.2 Å². The Bertz CT molecular complexity index is 762. The lowest BCUT2D eigenvalue weighted by Gasteiger charge is -2.14. The van der Waals surface area contributed by atoms with Crippen molar-refractivity contribution in [2.24, 2.45) is 0 Å². The molecule has 0 bridgehead atoms. The molecule has 0 aromatic heterocycles. The lowest BCUT2D eigenvalue weighted by atomic mass is 10.2. The van der Waals surface area contributed by atoms with Crippen LogP contribution in [0.2, 0.25) is 10.0 Å². The van der Waals surface area contributed by atoms with Crippen LogP contribution in [0.4, 0.5) is 17.1 Å². The maximum Gasteiger partial charge on any atom is 0.301 e. The Morgan fingerprint density at radius 3 is 1.95 bits per heavy atom. The number of nitrogens with one attached hydrogen (secondary N) is 2. The average Bonchev–Trinajstić information content (AvgIpc) is 2.44. The van der Waals surface area contributed by atoms with Crippen molar-refractivity contribution in [1.29, 1.82) is 0 Å². The summed E-state index contributed by atoms with van der Waals surface area (Å²) in [7, 11) is -0.581. The van der Waals surface area contributed by atoms with Gasteiger partial charge in [0.2, 0.25) is 0 Å². The van der Waals surface area contributed by atoms with Crippen LogP contribution in [0.1, 0.15) is 0 Å². The Labute approximate surface area is 140 Å². The summed E-state index contributed by atoms with van der Waals surface area (Å²) < 4.78 is 27.0. The molecule has 0 unspecified atom stereocenters. The van der Waals surface area contributed by atoms with E-state index in [0.29, 0.717) is 15.7 Å². The van der Waals surface area contributed by atoms with E-state index < -0.39 is 10.2 Å². The number of hydrogen-bond donors (Lipinski definition) is 2. The van der Waals surface area contributed by atoms with Crippen molar-refractivity contribution in [2.45, 2.75) is 0 Å². The van der Waals surface area contributed by atoms with E-state index in [1.54, 1.807) is 42.5 Å². The van der Waals surface area contributed by atoms with Crippen LogP contribution in [-0.2, 0) is 10.2 Å². The van der Waals surface area contributed by atoms with Gasteiger partial charge in [-0.2, -0.15) is 12.7 Å². The van der Waals surface area contributed by atoms with Crippen molar-refractivity contribution in [3.05, 3.63) is 52.5 Å². The Hall–Kier alpha value is -1.47. The molecule has 8 heteroatoms. The minimum absolute atomic E-state index is 0.460. The van der Waals surface area contributed by atoms with E-state index in [1.807, 2.05) is 0 Å². The monoisotopic (exact) mass is 359 g/mol. The first-order valence-corrected chi connectivity index (χ1v) is 8.50. The first-order valence-electron chi connectivity index (χ1n) is 6.30. The van der Waals surface area contributed by atoms with E-state index in [4.69, 9.17) is 23.2 Å². The molecule has 0 atom stereocenters. The molecular formula is C14H15Cl2N3O2S. The summed E-state index contributed by atoms with van der Waals surface area (Å²) in [5.74, 6) is 0. The fourth-order valence-corrected chi connectivity index (χ4v) is 2.52. The van der Waals surface area contributed by atoms with E-state index >= 15 is 0 Å². The van der Waals surface area contributed by atoms with E-state index in [0.717, 1.165) is 15.7 Å². The Morgan fingerprint density at radius 2 is 1.41 bits per heavy atom. The van der Waals surface area contributed by atoms with Gasteiger partial charge in [-0.05, 0) is 42.5 Å². The summed E-state index contributed by atoms with van der Waals surface area (Å²) in [5, 5.41) is 4.10. The van der Waals surface area contributed by atoms with E-state index in [9.17, 15) is 8.42 Å². The first-order chi connectivity index (χ1) is 10.3. The van der Waals surface area contributed by atoms with Gasteiger partial charge in [-0.3, -0.25) is 4.72 Å². The van der Waals surface area contributed by atoms with Gasteiger partial charge in [-0.25, -0.2) is 0 Å². The highest BCUT2D eigenvalue weighted by atomic mass is 35.5. The predicted octanol–water partition coefficient (Wildman–Crippen LogP) is 3.96. The lowest BCUT2D eigenvalue weighted by molar-refractivity contribution is 0.527. The van der Waals surface area contributed by atoms with E-state index in [2.05, 4.69) is 10.0 Å². The molecule has 0 saturated heterocycles. The topological polar surface area (TPSA) is 61.4 Å². The van der Waals surface area contributed by atoms with Gasteiger partial charge in [0.25, 0.3) is 0 Å². The number of nitrogens with zero attached hydrogens (tertiary/aromatic N) is 1. The fourth-order valence-electron chi connectivity index (χ4n) is 1.60. The molecule has 0 fully saturated rings. The smallest absolute Gasteiger partial charge is 0.301 e. The van der Waals surface area contributed by atoms with Crippen LogP contribution < -0.4 is 10.0 Å². The Morgan fingerprint density at radius 1 is 0.864 bits per heavy atom. The zero-order valence-electron chi connectivity index (χ0n) is 12.0. The summed E-state index contributed by atoms with van der Waals surface area (Å²) in [5.41, 5.74) is 2.07. The van der Waals surface area contributed by atoms with Crippen LogP contribution in [0.15, 0.2) is 42.5 Å². The number of rotatable bonds is 5. The summed E-state index contributed by atoms with van der Waals surface area (Å²) in [6.45, 7) is 0. The van der Waals surface area contributed by atoms with Crippen molar-refractivity contribution in [2.75, 3.05) is 24.1 Å². The molecule has 0 spiro atoms. The summed E-state index contributed by atoms with van der Waals surface area (Å²) in [4.78, 5) is 0. The highest BCUT2D eigenvalue weighted by molar-refractivity contribution is 7.90. The Balaban J connectivity index is 2.10. The number of hydrogen-bond acceptors (Lipinski definition) is 3. The third kappa shape index (κ3) is 4.27. The molecule has 0 aliphatic heterocycles. The van der Waals surface area contributed by atoms with E-state index in [1.165, 1.54) is 14.1 Å². The van der Waals surface area contributed by atoms with Crippen LogP contribution >= 0.6 is 23.2 Å². The van der Waals surface area contributed by atoms with Gasteiger partial charge in [0, 0.05) is 31.2 Å². The maximum atomic E-state index is 11.7. The second kappa shape index (κ2) is 6.75. The normalized spacial score (nSPS) is 11.5. The second-order valence-electron chi connectivity index (χ2n) is 4.72. The van der Waals surface area contributed by atoms with Crippen LogP contribution in [0.3, 0.4) is 0 Å². The number of anilines is 3. The van der Waals surface area contributed by atoms with Crippen molar-refractivity contribution in [3.8, 4) is 0 Å². The minimum Gasteiger partial charge on any atom is -0.355 e. The Kier molecular flexibility index (Phi) is 5.18. The molecule has 0 amide bonds. The summed E-state index contributed by atoms with van der Waals surface area (Å²) >= 11 is 11.8. The number of benzene rings is 2. The summed E-state index contributed by atoms with van der Waals surface area (Å²) in [6, 6.07) is 12.1. The van der Waals surface area contributed by atoms with Gasteiger partial charge < -0.3 is 5.32 Å². The van der Waals surface area contributed by atoms with Crippen LogP contribution in [0.5, 0.6) is 0 Å². The SMILES string of the molecule is CN(C)S(=O)(=O)Nc1ccc(Nc2ccc(Cl)c(Cl)c2)cc1.